The fraction of sp³-hybridized carbons (Fsp3) is 0.880. The summed E-state index contributed by atoms with van der Waals surface area (Å²) in [6.07, 6.45) is 2.17. The van der Waals surface area contributed by atoms with Gasteiger partial charge < -0.3 is 20.9 Å². The van der Waals surface area contributed by atoms with E-state index in [4.69, 9.17) is 14.7 Å². The maximum atomic E-state index is 12.6. The van der Waals surface area contributed by atoms with Crippen molar-refractivity contribution in [3.8, 4) is 0 Å². The Morgan fingerprint density at radius 2 is 1.95 bits per heavy atom. The van der Waals surface area contributed by atoms with E-state index >= 15 is 0 Å². The van der Waals surface area contributed by atoms with Gasteiger partial charge in [-0.1, -0.05) is 27.7 Å². The Balaban J connectivity index is 1.64. The monoisotopic (exact) mass is 540 g/mol. The van der Waals surface area contributed by atoms with E-state index in [1.165, 1.54) is 0 Å². The molecular formula is C25H40N4O7S. The van der Waals surface area contributed by atoms with Gasteiger partial charge in [0, 0.05) is 41.5 Å². The molecule has 2 saturated heterocycles. The third-order valence-electron chi connectivity index (χ3n) is 10.6. The molecule has 5 aliphatic rings. The molecule has 12 heteroatoms. The maximum Gasteiger partial charge on any atom is 0.332 e. The molecule has 5 N–H and O–H groups in total. The Kier molecular flexibility index (Phi) is 6.25. The van der Waals surface area contributed by atoms with E-state index in [1.807, 2.05) is 13.8 Å². The SMILES string of the molecule is CC1CCC2C(C)(C)C(=NNC(N)=O)C(OS(C)(=O)=O)CC23OC2C(CC13C)C(O)CC1C(=O)NCC12. The first-order valence-corrected chi connectivity index (χ1v) is 15.1. The van der Waals surface area contributed by atoms with E-state index in [2.05, 4.69) is 29.7 Å². The molecule has 2 heterocycles. The minimum absolute atomic E-state index is 0.0419. The Bertz CT molecular complexity index is 1130. The lowest BCUT2D eigenvalue weighted by molar-refractivity contribution is -0.323. The predicted octanol–water partition coefficient (Wildman–Crippen LogP) is 1.11. The van der Waals surface area contributed by atoms with Crippen LogP contribution >= 0.6 is 0 Å². The summed E-state index contributed by atoms with van der Waals surface area (Å²) in [6.45, 7) is 8.89. The minimum atomic E-state index is -3.89. The zero-order valence-electron chi connectivity index (χ0n) is 22.2. The van der Waals surface area contributed by atoms with Crippen molar-refractivity contribution in [2.75, 3.05) is 12.8 Å². The van der Waals surface area contributed by atoms with Crippen LogP contribution in [0.1, 0.15) is 59.8 Å². The van der Waals surface area contributed by atoms with Crippen LogP contribution in [0.2, 0.25) is 0 Å². The predicted molar refractivity (Wildman–Crippen MR) is 135 cm³/mol. The first-order valence-electron chi connectivity index (χ1n) is 13.3. The molecule has 10 atom stereocenters. The molecule has 0 aromatic heterocycles. The smallest absolute Gasteiger partial charge is 0.332 e. The molecule has 5 rings (SSSR count). The number of hydrogen-bond donors (Lipinski definition) is 4. The number of amides is 3. The molecule has 0 radical (unpaired) electrons. The Morgan fingerprint density at radius 1 is 1.24 bits per heavy atom. The number of hydrazone groups is 1. The largest absolute Gasteiger partial charge is 0.393 e. The van der Waals surface area contributed by atoms with Crippen molar-refractivity contribution in [3.63, 3.8) is 0 Å². The van der Waals surface area contributed by atoms with E-state index in [0.717, 1.165) is 19.1 Å². The van der Waals surface area contributed by atoms with Crippen LogP contribution in [-0.4, -0.2) is 67.9 Å². The van der Waals surface area contributed by atoms with Gasteiger partial charge in [-0.05, 0) is 37.5 Å². The van der Waals surface area contributed by atoms with Crippen molar-refractivity contribution in [1.82, 2.24) is 10.7 Å². The van der Waals surface area contributed by atoms with Crippen molar-refractivity contribution in [3.05, 3.63) is 0 Å². The zero-order chi connectivity index (χ0) is 27.1. The summed E-state index contributed by atoms with van der Waals surface area (Å²) in [5.74, 6) is -0.336. The maximum absolute atomic E-state index is 12.6. The highest BCUT2D eigenvalue weighted by atomic mass is 32.2. The fourth-order valence-corrected chi connectivity index (χ4v) is 9.35. The van der Waals surface area contributed by atoms with Gasteiger partial charge in [0.05, 0.1) is 29.8 Å². The van der Waals surface area contributed by atoms with Crippen LogP contribution in [0.25, 0.3) is 0 Å². The number of nitrogens with zero attached hydrogens (tertiary/aromatic N) is 1. The molecule has 10 unspecified atom stereocenters. The molecule has 0 aromatic carbocycles. The lowest BCUT2D eigenvalue weighted by Gasteiger charge is -2.70. The highest BCUT2D eigenvalue weighted by Gasteiger charge is 2.72. The number of rotatable bonds is 3. The highest BCUT2D eigenvalue weighted by molar-refractivity contribution is 7.86. The van der Waals surface area contributed by atoms with Crippen LogP contribution in [0.15, 0.2) is 5.10 Å². The topological polar surface area (TPSA) is 169 Å². The molecule has 2 aliphatic heterocycles. The molecule has 1 spiro atoms. The second-order valence-electron chi connectivity index (χ2n) is 12.8. The molecule has 3 aliphatic carbocycles. The Labute approximate surface area is 218 Å². The molecule has 208 valence electrons. The van der Waals surface area contributed by atoms with Crippen molar-refractivity contribution >= 4 is 27.8 Å². The molecule has 5 fully saturated rings. The highest BCUT2D eigenvalue weighted by Crippen LogP contribution is 2.68. The van der Waals surface area contributed by atoms with Gasteiger partial charge in [0.2, 0.25) is 5.91 Å². The number of aliphatic hydroxyl groups is 1. The number of primary amides is 1. The van der Waals surface area contributed by atoms with Crippen LogP contribution in [-0.2, 0) is 23.8 Å². The zero-order valence-corrected chi connectivity index (χ0v) is 23.0. The third-order valence-corrected chi connectivity index (χ3v) is 11.2. The van der Waals surface area contributed by atoms with Gasteiger partial charge in [0.25, 0.3) is 10.1 Å². The van der Waals surface area contributed by atoms with Gasteiger partial charge >= 0.3 is 6.03 Å². The average Bonchev–Trinajstić information content (AvgIpc) is 3.12. The van der Waals surface area contributed by atoms with Crippen molar-refractivity contribution in [2.24, 2.45) is 51.3 Å². The van der Waals surface area contributed by atoms with Gasteiger partial charge in [-0.25, -0.2) is 10.2 Å². The second kappa shape index (κ2) is 8.62. The summed E-state index contributed by atoms with van der Waals surface area (Å²) < 4.78 is 37.7. The molecular weight excluding hydrogens is 500 g/mol. The number of nitrogens with two attached hydrogens (primary N) is 1. The summed E-state index contributed by atoms with van der Waals surface area (Å²) in [5, 5.41) is 18.4. The molecule has 37 heavy (non-hydrogen) atoms. The average molecular weight is 541 g/mol. The van der Waals surface area contributed by atoms with Crippen molar-refractivity contribution in [1.29, 1.82) is 0 Å². The molecule has 3 amide bonds. The second-order valence-corrected chi connectivity index (χ2v) is 14.4. The number of aliphatic hydroxyl groups excluding tert-OH is 1. The van der Waals surface area contributed by atoms with E-state index < -0.39 is 39.4 Å². The lowest BCUT2D eigenvalue weighted by Crippen LogP contribution is -2.74. The summed E-state index contributed by atoms with van der Waals surface area (Å²) in [5.41, 5.74) is 6.11. The number of fused-ring (bicyclic) bond motifs is 3. The Hall–Kier alpha value is -1.76. The molecule has 11 nitrogen and oxygen atoms in total. The van der Waals surface area contributed by atoms with E-state index in [9.17, 15) is 23.1 Å². The van der Waals surface area contributed by atoms with Gasteiger partial charge in [0.15, 0.2) is 0 Å². The van der Waals surface area contributed by atoms with Crippen LogP contribution in [0.5, 0.6) is 0 Å². The first-order chi connectivity index (χ1) is 17.1. The third kappa shape index (κ3) is 4.01. The number of carbonyl (C=O) groups excluding carboxylic acids is 2. The number of nitrogens with one attached hydrogen (secondary N) is 2. The van der Waals surface area contributed by atoms with Crippen LogP contribution in [0, 0.1) is 40.4 Å². The van der Waals surface area contributed by atoms with Crippen molar-refractivity contribution in [2.45, 2.75) is 83.7 Å². The van der Waals surface area contributed by atoms with E-state index in [0.29, 0.717) is 25.1 Å². The van der Waals surface area contributed by atoms with Crippen LogP contribution < -0.4 is 16.5 Å². The number of carbonyl (C=O) groups is 2. The van der Waals surface area contributed by atoms with E-state index in [-0.39, 0.29) is 53.4 Å². The molecule has 0 bridgehead atoms. The minimum Gasteiger partial charge on any atom is -0.393 e. The van der Waals surface area contributed by atoms with Crippen molar-refractivity contribution < 1.29 is 32.0 Å². The lowest BCUT2D eigenvalue weighted by atomic mass is 9.42. The number of ether oxygens (including phenoxy) is 1. The normalized spacial score (nSPS) is 47.7. The Morgan fingerprint density at radius 3 is 2.59 bits per heavy atom. The quantitative estimate of drug-likeness (QED) is 0.307. The summed E-state index contributed by atoms with van der Waals surface area (Å²) in [7, 11) is -3.89. The van der Waals surface area contributed by atoms with Crippen LogP contribution in [0.3, 0.4) is 0 Å². The van der Waals surface area contributed by atoms with Gasteiger partial charge in [-0.15, -0.1) is 0 Å². The van der Waals surface area contributed by atoms with Gasteiger partial charge in [-0.3, -0.25) is 8.98 Å². The van der Waals surface area contributed by atoms with Gasteiger partial charge in [0.1, 0.15) is 6.10 Å². The van der Waals surface area contributed by atoms with Crippen LogP contribution in [0.4, 0.5) is 4.79 Å². The summed E-state index contributed by atoms with van der Waals surface area (Å²) in [6, 6.07) is -0.846. The molecule has 3 saturated carbocycles. The fourth-order valence-electron chi connectivity index (χ4n) is 8.77. The number of urea groups is 1. The summed E-state index contributed by atoms with van der Waals surface area (Å²) in [4.78, 5) is 24.1. The first kappa shape index (κ1) is 26.8. The van der Waals surface area contributed by atoms with Gasteiger partial charge in [-0.2, -0.15) is 13.5 Å². The molecule has 0 aromatic rings. The number of hydrogen-bond acceptors (Lipinski definition) is 8. The van der Waals surface area contributed by atoms with E-state index in [1.54, 1.807) is 0 Å². The summed E-state index contributed by atoms with van der Waals surface area (Å²) >= 11 is 0. The standard InChI is InChI=1S/C25H40N4O7S/c1-12-6-7-18-23(2,3)20(28-29-22(26)32)17(36-37(5,33)34)10-25(18)24(12,4)9-14-16(30)8-13-15(19(14)35-25)11-27-21(13)31/h12-19,30H,6-11H2,1-5H3,(H,27,31)(H3,26,29,32).